The van der Waals surface area contributed by atoms with E-state index in [1.165, 1.54) is 13.2 Å². The number of ether oxygens (including phenoxy) is 1. The van der Waals surface area contributed by atoms with Gasteiger partial charge in [0.15, 0.2) is 0 Å². The maximum Gasteiger partial charge on any atom is 0.416 e. The van der Waals surface area contributed by atoms with Gasteiger partial charge < -0.3 is 9.84 Å². The van der Waals surface area contributed by atoms with Gasteiger partial charge in [0, 0.05) is 5.92 Å². The predicted molar refractivity (Wildman–Crippen MR) is 65.7 cm³/mol. The first-order valence-corrected chi connectivity index (χ1v) is 6.30. The molecule has 1 aliphatic carbocycles. The maximum absolute atomic E-state index is 12.8. The van der Waals surface area contributed by atoms with Crippen LogP contribution in [0.2, 0.25) is 0 Å². The van der Waals surface area contributed by atoms with Crippen molar-refractivity contribution in [3.05, 3.63) is 29.3 Å². The summed E-state index contributed by atoms with van der Waals surface area (Å²) in [5.41, 5.74) is -0.434. The van der Waals surface area contributed by atoms with E-state index in [0.29, 0.717) is 11.3 Å². The number of carboxylic acids is 1. The molecular formula is C14H15F3O3. The number of aliphatic carboxylic acids is 1. The molecular weight excluding hydrogens is 273 g/mol. The van der Waals surface area contributed by atoms with Crippen molar-refractivity contribution >= 4 is 5.97 Å². The van der Waals surface area contributed by atoms with Gasteiger partial charge in [-0.25, -0.2) is 0 Å². The molecule has 3 nitrogen and oxygen atoms in total. The van der Waals surface area contributed by atoms with Gasteiger partial charge in [0.05, 0.1) is 19.1 Å². The second-order valence-electron chi connectivity index (χ2n) is 5.00. The molecule has 0 radical (unpaired) electrons. The molecule has 2 rings (SSSR count). The smallest absolute Gasteiger partial charge is 0.416 e. The average molecular weight is 288 g/mol. The lowest BCUT2D eigenvalue weighted by Crippen LogP contribution is -2.12. The number of methoxy groups -OCH3 is 1. The Morgan fingerprint density at radius 2 is 2.10 bits per heavy atom. The monoisotopic (exact) mass is 288 g/mol. The van der Waals surface area contributed by atoms with Crippen LogP contribution in [0.15, 0.2) is 18.2 Å². The first kappa shape index (κ1) is 14.7. The third-order valence-corrected chi connectivity index (χ3v) is 3.54. The highest BCUT2D eigenvalue weighted by Gasteiger charge is 2.37. The SMILES string of the molecule is COc1ccc(C(F)(F)F)cc1C(CC(=O)O)C1CC1. The van der Waals surface area contributed by atoms with Gasteiger partial charge in [-0.2, -0.15) is 13.2 Å². The number of carbonyl (C=O) groups is 1. The van der Waals surface area contributed by atoms with Gasteiger partial charge in [-0.1, -0.05) is 0 Å². The molecule has 1 atom stereocenters. The van der Waals surface area contributed by atoms with Crippen LogP contribution in [0.3, 0.4) is 0 Å². The molecule has 0 heterocycles. The lowest BCUT2D eigenvalue weighted by Gasteiger charge is -2.19. The minimum Gasteiger partial charge on any atom is -0.496 e. The third-order valence-electron chi connectivity index (χ3n) is 3.54. The maximum atomic E-state index is 12.8. The molecule has 1 unspecified atom stereocenters. The summed E-state index contributed by atoms with van der Waals surface area (Å²) in [7, 11) is 1.37. The minimum atomic E-state index is -4.45. The van der Waals surface area contributed by atoms with Gasteiger partial charge in [-0.15, -0.1) is 0 Å². The standard InChI is InChI=1S/C14H15F3O3/c1-20-12-5-4-9(14(15,16)17)6-11(12)10(7-13(18)19)8-2-3-8/h4-6,8,10H,2-3,7H2,1H3,(H,18,19). The van der Waals surface area contributed by atoms with Crippen molar-refractivity contribution in [2.45, 2.75) is 31.4 Å². The van der Waals surface area contributed by atoms with E-state index in [1.54, 1.807) is 0 Å². The molecule has 0 spiro atoms. The molecule has 110 valence electrons. The van der Waals surface area contributed by atoms with Crippen molar-refractivity contribution in [1.82, 2.24) is 0 Å². The van der Waals surface area contributed by atoms with Crippen molar-refractivity contribution in [2.75, 3.05) is 7.11 Å². The summed E-state index contributed by atoms with van der Waals surface area (Å²) in [6, 6.07) is 3.23. The Labute approximate surface area is 114 Å². The number of halogens is 3. The number of rotatable bonds is 5. The van der Waals surface area contributed by atoms with Crippen LogP contribution in [-0.4, -0.2) is 18.2 Å². The highest BCUT2D eigenvalue weighted by Crippen LogP contribution is 2.48. The highest BCUT2D eigenvalue weighted by atomic mass is 19.4. The summed E-state index contributed by atoms with van der Waals surface area (Å²) in [6.45, 7) is 0. The molecule has 1 aliphatic rings. The molecule has 0 aromatic heterocycles. The highest BCUT2D eigenvalue weighted by molar-refractivity contribution is 5.68. The molecule has 20 heavy (non-hydrogen) atoms. The third kappa shape index (κ3) is 3.23. The number of alkyl halides is 3. The summed E-state index contributed by atoms with van der Waals surface area (Å²) in [6.07, 6.45) is -2.94. The minimum absolute atomic E-state index is 0.128. The molecule has 1 fully saturated rings. The van der Waals surface area contributed by atoms with Crippen LogP contribution in [0.25, 0.3) is 0 Å². The van der Waals surface area contributed by atoms with E-state index in [2.05, 4.69) is 0 Å². The summed E-state index contributed by atoms with van der Waals surface area (Å²) in [4.78, 5) is 10.9. The fraction of sp³-hybridized carbons (Fsp3) is 0.500. The Kier molecular flexibility index (Phi) is 3.92. The first-order valence-electron chi connectivity index (χ1n) is 6.30. The van der Waals surface area contributed by atoms with E-state index in [0.717, 1.165) is 25.0 Å². The average Bonchev–Trinajstić information content (AvgIpc) is 3.18. The summed E-state index contributed by atoms with van der Waals surface area (Å²) in [5, 5.41) is 8.95. The zero-order chi connectivity index (χ0) is 14.9. The Bertz CT molecular complexity index is 507. The van der Waals surface area contributed by atoms with Gasteiger partial charge in [0.2, 0.25) is 0 Å². The van der Waals surface area contributed by atoms with Crippen LogP contribution in [0.1, 0.15) is 36.3 Å². The number of hydrogen-bond acceptors (Lipinski definition) is 2. The lowest BCUT2D eigenvalue weighted by molar-refractivity contribution is -0.138. The molecule has 0 bridgehead atoms. The van der Waals surface area contributed by atoms with E-state index in [-0.39, 0.29) is 12.3 Å². The van der Waals surface area contributed by atoms with Gasteiger partial charge in [-0.3, -0.25) is 4.79 Å². The first-order chi connectivity index (χ1) is 9.32. The molecule has 1 aromatic rings. The lowest BCUT2D eigenvalue weighted by atomic mass is 9.89. The second kappa shape index (κ2) is 5.34. The molecule has 1 aromatic carbocycles. The molecule has 0 aliphatic heterocycles. The Balaban J connectivity index is 2.42. The summed E-state index contributed by atoms with van der Waals surface area (Å²) >= 11 is 0. The van der Waals surface area contributed by atoms with Crippen molar-refractivity contribution < 1.29 is 27.8 Å². The molecule has 0 amide bonds. The van der Waals surface area contributed by atoms with Crippen molar-refractivity contribution in [1.29, 1.82) is 0 Å². The molecule has 1 saturated carbocycles. The topological polar surface area (TPSA) is 46.5 Å². The number of benzene rings is 1. The Morgan fingerprint density at radius 1 is 1.45 bits per heavy atom. The van der Waals surface area contributed by atoms with Crippen LogP contribution in [0.5, 0.6) is 5.75 Å². The summed E-state index contributed by atoms with van der Waals surface area (Å²) < 4.78 is 43.5. The van der Waals surface area contributed by atoms with E-state index in [1.807, 2.05) is 0 Å². The second-order valence-corrected chi connectivity index (χ2v) is 5.00. The van der Waals surface area contributed by atoms with Gasteiger partial charge in [-0.05, 0) is 42.5 Å². The molecule has 1 N–H and O–H groups in total. The normalized spacial score (nSPS) is 16.8. The van der Waals surface area contributed by atoms with Crippen molar-refractivity contribution in [2.24, 2.45) is 5.92 Å². The van der Waals surface area contributed by atoms with Crippen LogP contribution in [0, 0.1) is 5.92 Å². The van der Waals surface area contributed by atoms with Crippen LogP contribution < -0.4 is 4.74 Å². The van der Waals surface area contributed by atoms with Gasteiger partial charge in [0.1, 0.15) is 5.75 Å². The van der Waals surface area contributed by atoms with Crippen LogP contribution in [0.4, 0.5) is 13.2 Å². The van der Waals surface area contributed by atoms with E-state index >= 15 is 0 Å². The zero-order valence-electron chi connectivity index (χ0n) is 10.9. The fourth-order valence-corrected chi connectivity index (χ4v) is 2.42. The van der Waals surface area contributed by atoms with Crippen LogP contribution in [-0.2, 0) is 11.0 Å². The zero-order valence-corrected chi connectivity index (χ0v) is 10.9. The molecule has 0 saturated heterocycles. The Morgan fingerprint density at radius 3 is 2.55 bits per heavy atom. The predicted octanol–water partition coefficient (Wildman–Crippen LogP) is 3.68. The quantitative estimate of drug-likeness (QED) is 0.899. The van der Waals surface area contributed by atoms with Gasteiger partial charge >= 0.3 is 12.1 Å². The number of carboxylic acid groups (broad SMARTS) is 1. The van der Waals surface area contributed by atoms with Gasteiger partial charge in [0.25, 0.3) is 0 Å². The van der Waals surface area contributed by atoms with Crippen molar-refractivity contribution in [3.8, 4) is 5.75 Å². The van der Waals surface area contributed by atoms with E-state index < -0.39 is 23.6 Å². The Hall–Kier alpha value is -1.72. The van der Waals surface area contributed by atoms with E-state index in [9.17, 15) is 18.0 Å². The fourth-order valence-electron chi connectivity index (χ4n) is 2.42. The van der Waals surface area contributed by atoms with Crippen molar-refractivity contribution in [3.63, 3.8) is 0 Å². The van der Waals surface area contributed by atoms with E-state index in [4.69, 9.17) is 9.84 Å². The number of hydrogen-bond donors (Lipinski definition) is 1. The summed E-state index contributed by atoms with van der Waals surface area (Å²) in [5.74, 6) is -0.995. The van der Waals surface area contributed by atoms with Crippen LogP contribution >= 0.6 is 0 Å². The largest absolute Gasteiger partial charge is 0.496 e. The molecule has 6 heteroatoms.